The molecule has 2 aromatic heterocycles. The fourth-order valence-corrected chi connectivity index (χ4v) is 1.37. The Balaban J connectivity index is 2.65. The van der Waals surface area contributed by atoms with Gasteiger partial charge in [-0.25, -0.2) is 4.98 Å². The van der Waals surface area contributed by atoms with Crippen LogP contribution in [-0.4, -0.2) is 22.3 Å². The predicted molar refractivity (Wildman–Crippen MR) is 51.7 cm³/mol. The van der Waals surface area contributed by atoms with Gasteiger partial charge in [0.15, 0.2) is 11.6 Å². The summed E-state index contributed by atoms with van der Waals surface area (Å²) in [4.78, 5) is 15.2. The van der Waals surface area contributed by atoms with Crippen molar-refractivity contribution in [2.45, 2.75) is 6.92 Å². The van der Waals surface area contributed by atoms with E-state index in [0.29, 0.717) is 5.82 Å². The molecule has 0 bridgehead atoms. The lowest BCUT2D eigenvalue weighted by Gasteiger charge is -2.00. The lowest BCUT2D eigenvalue weighted by Crippen LogP contribution is -2.00. The highest BCUT2D eigenvalue weighted by atomic mass is 16.5. The summed E-state index contributed by atoms with van der Waals surface area (Å²) in [5.74, 6) is 1.16. The molecule has 0 unspecified atom stereocenters. The number of carbonyl (C=O) groups is 1. The highest BCUT2D eigenvalue weighted by Gasteiger charge is 2.07. The number of ether oxygens (including phenoxy) is 1. The standard InChI is InChI=1S/C10H10N2O2/c1-7(13)10-11-6-8-5-9(14-2)3-4-12(8)10/h3-6H,1-2H3. The average Bonchev–Trinajstić information content (AvgIpc) is 2.59. The van der Waals surface area contributed by atoms with Crippen LogP contribution in [0.15, 0.2) is 24.5 Å². The number of pyridine rings is 1. The van der Waals surface area contributed by atoms with Crippen LogP contribution in [0.5, 0.6) is 5.75 Å². The highest BCUT2D eigenvalue weighted by molar-refractivity contribution is 5.91. The van der Waals surface area contributed by atoms with Gasteiger partial charge in [-0.2, -0.15) is 0 Å². The number of aromatic nitrogens is 2. The summed E-state index contributed by atoms with van der Waals surface area (Å²) in [6.07, 6.45) is 3.43. The molecule has 0 aliphatic heterocycles. The maximum absolute atomic E-state index is 11.2. The largest absolute Gasteiger partial charge is 0.497 e. The van der Waals surface area contributed by atoms with Gasteiger partial charge in [0.1, 0.15) is 5.75 Å². The van der Waals surface area contributed by atoms with Gasteiger partial charge in [-0.15, -0.1) is 0 Å². The minimum atomic E-state index is -0.0461. The minimum absolute atomic E-state index is 0.0461. The second-order valence-electron chi connectivity index (χ2n) is 3.00. The molecule has 0 aromatic carbocycles. The van der Waals surface area contributed by atoms with Crippen LogP contribution >= 0.6 is 0 Å². The summed E-state index contributed by atoms with van der Waals surface area (Å²) in [6, 6.07) is 3.63. The smallest absolute Gasteiger partial charge is 0.195 e. The van der Waals surface area contributed by atoms with Crippen molar-refractivity contribution in [2.24, 2.45) is 0 Å². The number of carbonyl (C=O) groups excluding carboxylic acids is 1. The van der Waals surface area contributed by atoms with Crippen LogP contribution in [0.25, 0.3) is 5.52 Å². The van der Waals surface area contributed by atoms with E-state index < -0.39 is 0 Å². The van der Waals surface area contributed by atoms with E-state index in [4.69, 9.17) is 4.74 Å². The molecule has 2 rings (SSSR count). The molecule has 72 valence electrons. The molecule has 14 heavy (non-hydrogen) atoms. The molecule has 0 saturated heterocycles. The molecule has 2 heterocycles. The van der Waals surface area contributed by atoms with E-state index in [1.54, 1.807) is 30.0 Å². The molecule has 0 fully saturated rings. The van der Waals surface area contributed by atoms with E-state index in [9.17, 15) is 4.79 Å². The van der Waals surface area contributed by atoms with Gasteiger partial charge in [0, 0.05) is 19.2 Å². The summed E-state index contributed by atoms with van der Waals surface area (Å²) in [6.45, 7) is 1.50. The average molecular weight is 190 g/mol. The van der Waals surface area contributed by atoms with Gasteiger partial charge in [-0.1, -0.05) is 0 Å². The SMILES string of the molecule is COc1ccn2c(C(C)=O)ncc2c1. The second kappa shape index (κ2) is 3.14. The summed E-state index contributed by atoms with van der Waals surface area (Å²) < 4.78 is 6.81. The first kappa shape index (κ1) is 8.74. The minimum Gasteiger partial charge on any atom is -0.497 e. The third kappa shape index (κ3) is 1.25. The molecule has 4 nitrogen and oxygen atoms in total. The van der Waals surface area contributed by atoms with E-state index in [-0.39, 0.29) is 5.78 Å². The van der Waals surface area contributed by atoms with Crippen molar-refractivity contribution in [3.05, 3.63) is 30.4 Å². The van der Waals surface area contributed by atoms with Crippen LogP contribution in [0.2, 0.25) is 0 Å². The lowest BCUT2D eigenvalue weighted by atomic mass is 10.4. The second-order valence-corrected chi connectivity index (χ2v) is 3.00. The Hall–Kier alpha value is -1.84. The number of hydrogen-bond donors (Lipinski definition) is 0. The molecule has 0 saturated carbocycles. The van der Waals surface area contributed by atoms with Gasteiger partial charge < -0.3 is 4.74 Å². The van der Waals surface area contributed by atoms with Gasteiger partial charge in [-0.3, -0.25) is 9.20 Å². The first-order chi connectivity index (χ1) is 6.72. The Labute approximate surface area is 81.1 Å². The van der Waals surface area contributed by atoms with Gasteiger partial charge in [0.2, 0.25) is 0 Å². The lowest BCUT2D eigenvalue weighted by molar-refractivity contribution is 0.100. The maximum Gasteiger partial charge on any atom is 0.195 e. The van der Waals surface area contributed by atoms with Crippen molar-refractivity contribution in [1.82, 2.24) is 9.38 Å². The molecule has 0 aliphatic carbocycles. The van der Waals surface area contributed by atoms with Crippen LogP contribution in [0.1, 0.15) is 17.5 Å². The molecule has 0 amide bonds. The number of fused-ring (bicyclic) bond motifs is 1. The zero-order valence-electron chi connectivity index (χ0n) is 8.02. The Morgan fingerprint density at radius 3 is 3.00 bits per heavy atom. The molecule has 0 spiro atoms. The summed E-state index contributed by atoms with van der Waals surface area (Å²) in [5.41, 5.74) is 0.856. The molecular formula is C10H10N2O2. The predicted octanol–water partition coefficient (Wildman–Crippen LogP) is 1.55. The fraction of sp³-hybridized carbons (Fsp3) is 0.200. The van der Waals surface area contributed by atoms with Crippen LogP contribution in [0.3, 0.4) is 0 Å². The number of nitrogens with zero attached hydrogens (tertiary/aromatic N) is 2. The number of methoxy groups -OCH3 is 1. The molecule has 4 heteroatoms. The molecule has 0 radical (unpaired) electrons. The monoisotopic (exact) mass is 190 g/mol. The first-order valence-corrected chi connectivity index (χ1v) is 4.24. The van der Waals surface area contributed by atoms with Crippen molar-refractivity contribution in [3.63, 3.8) is 0 Å². The third-order valence-electron chi connectivity index (χ3n) is 2.05. The van der Waals surface area contributed by atoms with Crippen molar-refractivity contribution < 1.29 is 9.53 Å². The van der Waals surface area contributed by atoms with E-state index in [1.807, 2.05) is 6.07 Å². The summed E-state index contributed by atoms with van der Waals surface area (Å²) in [5, 5.41) is 0. The van der Waals surface area contributed by atoms with Gasteiger partial charge >= 0.3 is 0 Å². The van der Waals surface area contributed by atoms with Crippen LogP contribution in [0.4, 0.5) is 0 Å². The Morgan fingerprint density at radius 1 is 1.57 bits per heavy atom. The molecular weight excluding hydrogens is 180 g/mol. The van der Waals surface area contributed by atoms with Crippen LogP contribution in [0, 0.1) is 0 Å². The number of hydrogen-bond acceptors (Lipinski definition) is 3. The van der Waals surface area contributed by atoms with Crippen molar-refractivity contribution >= 4 is 11.3 Å². The fourth-order valence-electron chi connectivity index (χ4n) is 1.37. The number of ketones is 1. The van der Waals surface area contributed by atoms with E-state index in [1.165, 1.54) is 6.92 Å². The third-order valence-corrected chi connectivity index (χ3v) is 2.05. The molecule has 0 aliphatic rings. The molecule has 0 atom stereocenters. The normalized spacial score (nSPS) is 10.4. The van der Waals surface area contributed by atoms with E-state index >= 15 is 0 Å². The zero-order chi connectivity index (χ0) is 10.1. The van der Waals surface area contributed by atoms with Gasteiger partial charge in [0.25, 0.3) is 0 Å². The van der Waals surface area contributed by atoms with Crippen LogP contribution in [-0.2, 0) is 0 Å². The molecule has 2 aromatic rings. The summed E-state index contributed by atoms with van der Waals surface area (Å²) >= 11 is 0. The van der Waals surface area contributed by atoms with Gasteiger partial charge in [0.05, 0.1) is 18.8 Å². The number of rotatable bonds is 2. The first-order valence-electron chi connectivity index (χ1n) is 4.24. The topological polar surface area (TPSA) is 43.6 Å². The quantitative estimate of drug-likeness (QED) is 0.675. The summed E-state index contributed by atoms with van der Waals surface area (Å²) in [7, 11) is 1.61. The van der Waals surface area contributed by atoms with Crippen molar-refractivity contribution in [2.75, 3.05) is 7.11 Å². The Morgan fingerprint density at radius 2 is 2.36 bits per heavy atom. The number of imidazole rings is 1. The Kier molecular flexibility index (Phi) is 1.96. The number of Topliss-reactive ketones (excluding diaryl/α,β-unsaturated/α-hetero) is 1. The maximum atomic E-state index is 11.2. The van der Waals surface area contributed by atoms with Crippen LogP contribution < -0.4 is 4.74 Å². The highest BCUT2D eigenvalue weighted by Crippen LogP contribution is 2.15. The van der Waals surface area contributed by atoms with Crippen molar-refractivity contribution in [3.8, 4) is 5.75 Å². The van der Waals surface area contributed by atoms with E-state index in [2.05, 4.69) is 4.98 Å². The Bertz CT molecular complexity index is 488. The molecule has 0 N–H and O–H groups in total. The van der Waals surface area contributed by atoms with E-state index in [0.717, 1.165) is 11.3 Å². The van der Waals surface area contributed by atoms with Crippen molar-refractivity contribution in [1.29, 1.82) is 0 Å². The van der Waals surface area contributed by atoms with Gasteiger partial charge in [-0.05, 0) is 6.07 Å². The zero-order valence-corrected chi connectivity index (χ0v) is 8.02.